The number of rotatable bonds is 4. The Morgan fingerprint density at radius 1 is 1.32 bits per heavy atom. The van der Waals surface area contributed by atoms with Crippen molar-refractivity contribution in [2.75, 3.05) is 19.6 Å². The van der Waals surface area contributed by atoms with Crippen molar-refractivity contribution >= 4 is 5.91 Å². The molecule has 3 rings (SSSR count). The molecule has 4 nitrogen and oxygen atoms in total. The summed E-state index contributed by atoms with van der Waals surface area (Å²) in [6, 6.07) is 9.55. The van der Waals surface area contributed by atoms with Crippen LogP contribution in [0.3, 0.4) is 0 Å². The highest BCUT2D eigenvalue weighted by Gasteiger charge is 2.17. The molecule has 1 aliphatic heterocycles. The molecule has 0 spiro atoms. The SMILES string of the molecule is O=C(NCC1CCCNC1)c1ccc(-c2ccccc2F)o1. The third-order valence-corrected chi connectivity index (χ3v) is 3.92. The van der Waals surface area contributed by atoms with Crippen LogP contribution in [0.1, 0.15) is 23.4 Å². The van der Waals surface area contributed by atoms with Crippen molar-refractivity contribution in [3.8, 4) is 11.3 Å². The first-order chi connectivity index (χ1) is 10.7. The van der Waals surface area contributed by atoms with Crippen molar-refractivity contribution in [1.82, 2.24) is 10.6 Å². The van der Waals surface area contributed by atoms with Gasteiger partial charge in [0.25, 0.3) is 5.91 Å². The number of benzene rings is 1. The van der Waals surface area contributed by atoms with Crippen molar-refractivity contribution in [2.45, 2.75) is 12.8 Å². The largest absolute Gasteiger partial charge is 0.451 e. The summed E-state index contributed by atoms with van der Waals surface area (Å²) in [7, 11) is 0. The van der Waals surface area contributed by atoms with Crippen molar-refractivity contribution in [3.63, 3.8) is 0 Å². The van der Waals surface area contributed by atoms with Gasteiger partial charge < -0.3 is 15.1 Å². The molecule has 2 aromatic rings. The second-order valence-electron chi connectivity index (χ2n) is 5.57. The van der Waals surface area contributed by atoms with E-state index in [1.165, 1.54) is 6.07 Å². The molecule has 0 saturated carbocycles. The molecule has 1 aromatic carbocycles. The van der Waals surface area contributed by atoms with E-state index >= 15 is 0 Å². The molecule has 1 aliphatic rings. The van der Waals surface area contributed by atoms with Crippen molar-refractivity contribution in [3.05, 3.63) is 48.0 Å². The van der Waals surface area contributed by atoms with E-state index in [1.807, 2.05) is 0 Å². The Morgan fingerprint density at radius 2 is 2.18 bits per heavy atom. The van der Waals surface area contributed by atoms with Gasteiger partial charge in [0, 0.05) is 6.54 Å². The summed E-state index contributed by atoms with van der Waals surface area (Å²) in [6.45, 7) is 2.61. The second-order valence-corrected chi connectivity index (χ2v) is 5.57. The minimum atomic E-state index is -0.364. The molecule has 116 valence electrons. The van der Waals surface area contributed by atoms with Gasteiger partial charge in [-0.1, -0.05) is 12.1 Å². The minimum Gasteiger partial charge on any atom is -0.451 e. The predicted molar refractivity (Wildman–Crippen MR) is 82.0 cm³/mol. The van der Waals surface area contributed by atoms with E-state index in [1.54, 1.807) is 30.3 Å². The molecule has 1 atom stereocenters. The van der Waals surface area contributed by atoms with Gasteiger partial charge in [-0.2, -0.15) is 0 Å². The van der Waals surface area contributed by atoms with Gasteiger partial charge >= 0.3 is 0 Å². The van der Waals surface area contributed by atoms with Crippen LogP contribution in [0.25, 0.3) is 11.3 Å². The first-order valence-electron chi connectivity index (χ1n) is 7.57. The molecule has 2 heterocycles. The Balaban J connectivity index is 1.63. The van der Waals surface area contributed by atoms with E-state index in [0.717, 1.165) is 25.9 Å². The maximum Gasteiger partial charge on any atom is 0.287 e. The fraction of sp³-hybridized carbons (Fsp3) is 0.353. The zero-order chi connectivity index (χ0) is 15.4. The van der Waals surface area contributed by atoms with E-state index < -0.39 is 0 Å². The summed E-state index contributed by atoms with van der Waals surface area (Å²) in [5.74, 6) is 0.411. The molecular weight excluding hydrogens is 283 g/mol. The second kappa shape index (κ2) is 6.75. The molecule has 0 radical (unpaired) electrons. The van der Waals surface area contributed by atoms with Gasteiger partial charge in [0.05, 0.1) is 5.56 Å². The van der Waals surface area contributed by atoms with E-state index in [4.69, 9.17) is 4.42 Å². The fourth-order valence-corrected chi connectivity index (χ4v) is 2.69. The van der Waals surface area contributed by atoms with Crippen LogP contribution >= 0.6 is 0 Å². The number of piperidine rings is 1. The van der Waals surface area contributed by atoms with E-state index in [2.05, 4.69) is 10.6 Å². The Bertz CT molecular complexity index is 648. The number of furan rings is 1. The molecule has 1 fully saturated rings. The average molecular weight is 302 g/mol. The summed E-state index contributed by atoms with van der Waals surface area (Å²) in [6.07, 6.45) is 2.25. The number of carbonyl (C=O) groups excluding carboxylic acids is 1. The van der Waals surface area contributed by atoms with E-state index in [-0.39, 0.29) is 17.5 Å². The summed E-state index contributed by atoms with van der Waals surface area (Å²) in [4.78, 5) is 12.1. The summed E-state index contributed by atoms with van der Waals surface area (Å²) in [5, 5.41) is 6.20. The highest BCUT2D eigenvalue weighted by atomic mass is 19.1. The number of amides is 1. The molecule has 0 aliphatic carbocycles. The first kappa shape index (κ1) is 14.8. The molecule has 22 heavy (non-hydrogen) atoms. The maximum absolute atomic E-state index is 13.7. The van der Waals surface area contributed by atoms with Crippen LogP contribution in [0, 0.1) is 11.7 Å². The number of hydrogen-bond donors (Lipinski definition) is 2. The molecular formula is C17H19FN2O2. The van der Waals surface area contributed by atoms with Gasteiger partial charge in [0.15, 0.2) is 5.76 Å². The molecule has 2 N–H and O–H groups in total. The van der Waals surface area contributed by atoms with E-state index in [9.17, 15) is 9.18 Å². The van der Waals surface area contributed by atoms with Gasteiger partial charge in [-0.05, 0) is 56.1 Å². The Kier molecular flexibility index (Phi) is 4.53. The topological polar surface area (TPSA) is 54.3 Å². The molecule has 1 unspecified atom stereocenters. The van der Waals surface area contributed by atoms with Gasteiger partial charge in [-0.15, -0.1) is 0 Å². The van der Waals surface area contributed by atoms with Gasteiger partial charge in [-0.25, -0.2) is 4.39 Å². The highest BCUT2D eigenvalue weighted by Crippen LogP contribution is 2.24. The average Bonchev–Trinajstić information content (AvgIpc) is 3.04. The van der Waals surface area contributed by atoms with Gasteiger partial charge in [-0.3, -0.25) is 4.79 Å². The zero-order valence-electron chi connectivity index (χ0n) is 12.3. The van der Waals surface area contributed by atoms with Crippen LogP contribution < -0.4 is 10.6 Å². The smallest absolute Gasteiger partial charge is 0.287 e. The van der Waals surface area contributed by atoms with E-state index in [0.29, 0.717) is 23.8 Å². The molecule has 1 saturated heterocycles. The van der Waals surface area contributed by atoms with Crippen molar-refractivity contribution in [1.29, 1.82) is 0 Å². The van der Waals surface area contributed by atoms with Crippen LogP contribution in [0.2, 0.25) is 0 Å². The van der Waals surface area contributed by atoms with Gasteiger partial charge in [0.1, 0.15) is 11.6 Å². The predicted octanol–water partition coefficient (Wildman–Crippen LogP) is 2.82. The Hall–Kier alpha value is -2.14. The maximum atomic E-state index is 13.7. The number of carbonyl (C=O) groups is 1. The van der Waals surface area contributed by atoms with Crippen LogP contribution in [-0.4, -0.2) is 25.5 Å². The van der Waals surface area contributed by atoms with Crippen molar-refractivity contribution < 1.29 is 13.6 Å². The lowest BCUT2D eigenvalue weighted by Gasteiger charge is -2.22. The number of halogens is 1. The lowest BCUT2D eigenvalue weighted by atomic mass is 10.00. The van der Waals surface area contributed by atoms with Crippen molar-refractivity contribution in [2.24, 2.45) is 5.92 Å². The van der Waals surface area contributed by atoms with Gasteiger partial charge in [0.2, 0.25) is 0 Å². The first-order valence-corrected chi connectivity index (χ1v) is 7.57. The molecule has 5 heteroatoms. The van der Waals surface area contributed by atoms with Crippen LogP contribution in [-0.2, 0) is 0 Å². The van der Waals surface area contributed by atoms with Crippen LogP contribution in [0.5, 0.6) is 0 Å². The fourth-order valence-electron chi connectivity index (χ4n) is 2.69. The normalized spacial score (nSPS) is 18.1. The molecule has 1 aromatic heterocycles. The lowest BCUT2D eigenvalue weighted by molar-refractivity contribution is 0.0918. The minimum absolute atomic E-state index is 0.210. The standard InChI is InChI=1S/C17H19FN2O2/c18-14-6-2-1-5-13(14)15-7-8-16(22-15)17(21)20-11-12-4-3-9-19-10-12/h1-2,5-8,12,19H,3-4,9-11H2,(H,20,21). The van der Waals surface area contributed by atoms with Crippen LogP contribution in [0.15, 0.2) is 40.8 Å². The summed E-state index contributed by atoms with van der Waals surface area (Å²) in [5.41, 5.74) is 0.359. The third-order valence-electron chi connectivity index (χ3n) is 3.92. The Labute approximate surface area is 128 Å². The third kappa shape index (κ3) is 3.36. The lowest BCUT2D eigenvalue weighted by Crippen LogP contribution is -2.38. The monoisotopic (exact) mass is 302 g/mol. The molecule has 1 amide bonds. The summed E-state index contributed by atoms with van der Waals surface area (Å²) < 4.78 is 19.2. The number of nitrogens with one attached hydrogen (secondary N) is 2. The number of hydrogen-bond acceptors (Lipinski definition) is 3. The zero-order valence-corrected chi connectivity index (χ0v) is 12.3. The Morgan fingerprint density at radius 3 is 2.95 bits per heavy atom. The quantitative estimate of drug-likeness (QED) is 0.913. The molecule has 0 bridgehead atoms. The van der Waals surface area contributed by atoms with Crippen LogP contribution in [0.4, 0.5) is 4.39 Å². The highest BCUT2D eigenvalue weighted by molar-refractivity contribution is 5.92. The summed E-state index contributed by atoms with van der Waals surface area (Å²) >= 11 is 0.